The molecule has 3 nitrogen and oxygen atoms in total. The molecule has 3 heteroatoms. The third kappa shape index (κ3) is 1.91. The monoisotopic (exact) mass is 252 g/mol. The van der Waals surface area contributed by atoms with Crippen molar-refractivity contribution in [2.75, 3.05) is 0 Å². The number of aryl methyl sites for hydroxylation is 1. The quantitative estimate of drug-likeness (QED) is 0.770. The van der Waals surface area contributed by atoms with Gasteiger partial charge in [-0.15, -0.1) is 0 Å². The van der Waals surface area contributed by atoms with Crippen LogP contribution in [0, 0.1) is 6.92 Å². The van der Waals surface area contributed by atoms with Gasteiger partial charge in [0.05, 0.1) is 6.20 Å². The van der Waals surface area contributed by atoms with Gasteiger partial charge in [-0.3, -0.25) is 9.48 Å². The Morgan fingerprint density at radius 3 is 2.84 bits per heavy atom. The highest BCUT2D eigenvalue weighted by atomic mass is 16.1. The molecule has 0 saturated heterocycles. The molecule has 0 spiro atoms. The Hall–Kier alpha value is -2.16. The summed E-state index contributed by atoms with van der Waals surface area (Å²) in [7, 11) is 0. The molecule has 0 aliphatic heterocycles. The molecule has 1 aliphatic rings. The summed E-state index contributed by atoms with van der Waals surface area (Å²) in [4.78, 5) is 12.3. The lowest BCUT2D eigenvalue weighted by atomic mass is 10.1. The minimum atomic E-state index is 0.152. The van der Waals surface area contributed by atoms with Crippen molar-refractivity contribution in [3.05, 3.63) is 58.4 Å². The van der Waals surface area contributed by atoms with Crippen molar-refractivity contribution >= 4 is 11.9 Å². The van der Waals surface area contributed by atoms with E-state index in [2.05, 4.69) is 12.0 Å². The normalized spacial score (nSPS) is 16.1. The van der Waals surface area contributed by atoms with Gasteiger partial charge in [-0.25, -0.2) is 0 Å². The zero-order valence-corrected chi connectivity index (χ0v) is 11.2. The van der Waals surface area contributed by atoms with E-state index in [1.54, 1.807) is 0 Å². The first-order chi connectivity index (χ1) is 9.20. The fourth-order valence-electron chi connectivity index (χ4n) is 2.58. The standard InChI is InChI=1S/C16H16N2O/c1-3-18-11(2)14(10-17-18)9-13-8-12-6-4-5-7-15(12)16(13)19/h4-7,9-10H,3,8H2,1-2H3/b13-9+. The topological polar surface area (TPSA) is 34.9 Å². The minimum Gasteiger partial charge on any atom is -0.289 e. The summed E-state index contributed by atoms with van der Waals surface area (Å²) in [6, 6.07) is 7.83. The number of fused-ring (bicyclic) bond motifs is 1. The van der Waals surface area contributed by atoms with Gasteiger partial charge >= 0.3 is 0 Å². The molecule has 1 heterocycles. The fraction of sp³-hybridized carbons (Fsp3) is 0.250. The summed E-state index contributed by atoms with van der Waals surface area (Å²) >= 11 is 0. The predicted molar refractivity (Wildman–Crippen MR) is 75.1 cm³/mol. The van der Waals surface area contributed by atoms with Gasteiger partial charge in [0, 0.05) is 35.4 Å². The average Bonchev–Trinajstić information content (AvgIpc) is 2.93. The Balaban J connectivity index is 1.99. The Labute approximate surface area is 112 Å². The Bertz CT molecular complexity index is 680. The van der Waals surface area contributed by atoms with Gasteiger partial charge in [-0.05, 0) is 25.5 Å². The third-order valence-electron chi connectivity index (χ3n) is 3.70. The number of hydrogen-bond acceptors (Lipinski definition) is 2. The summed E-state index contributed by atoms with van der Waals surface area (Å²) < 4.78 is 1.94. The van der Waals surface area contributed by atoms with E-state index in [0.717, 1.165) is 40.9 Å². The van der Waals surface area contributed by atoms with Gasteiger partial charge in [0.25, 0.3) is 0 Å². The van der Waals surface area contributed by atoms with E-state index in [-0.39, 0.29) is 5.78 Å². The first-order valence-corrected chi connectivity index (χ1v) is 6.56. The molecule has 2 aromatic rings. The van der Waals surface area contributed by atoms with Crippen LogP contribution in [0.15, 0.2) is 36.0 Å². The highest BCUT2D eigenvalue weighted by Crippen LogP contribution is 2.27. The van der Waals surface area contributed by atoms with Crippen molar-refractivity contribution in [1.82, 2.24) is 9.78 Å². The second-order valence-electron chi connectivity index (χ2n) is 4.83. The molecule has 0 bridgehead atoms. The van der Waals surface area contributed by atoms with E-state index in [0.29, 0.717) is 0 Å². The number of rotatable bonds is 2. The van der Waals surface area contributed by atoms with Crippen LogP contribution in [0.4, 0.5) is 0 Å². The van der Waals surface area contributed by atoms with Crippen LogP contribution in [0.3, 0.4) is 0 Å². The Kier molecular flexibility index (Phi) is 2.82. The van der Waals surface area contributed by atoms with E-state index in [1.165, 1.54) is 0 Å². The number of ketones is 1. The van der Waals surface area contributed by atoms with Crippen LogP contribution >= 0.6 is 0 Å². The molecule has 0 unspecified atom stereocenters. The summed E-state index contributed by atoms with van der Waals surface area (Å²) in [5.41, 5.74) is 4.98. The Morgan fingerprint density at radius 2 is 2.16 bits per heavy atom. The molecule has 0 N–H and O–H groups in total. The number of aromatic nitrogens is 2. The molecule has 1 aromatic heterocycles. The van der Waals surface area contributed by atoms with Gasteiger partial charge < -0.3 is 0 Å². The highest BCUT2D eigenvalue weighted by molar-refractivity contribution is 6.15. The Morgan fingerprint density at radius 1 is 1.37 bits per heavy atom. The largest absolute Gasteiger partial charge is 0.289 e. The van der Waals surface area contributed by atoms with Crippen molar-refractivity contribution in [1.29, 1.82) is 0 Å². The van der Waals surface area contributed by atoms with Crippen LogP contribution in [0.5, 0.6) is 0 Å². The molecular weight excluding hydrogens is 236 g/mol. The molecule has 0 radical (unpaired) electrons. The number of carbonyl (C=O) groups excluding carboxylic acids is 1. The molecule has 0 atom stereocenters. The third-order valence-corrected chi connectivity index (χ3v) is 3.70. The number of carbonyl (C=O) groups is 1. The first kappa shape index (κ1) is 11.9. The van der Waals surface area contributed by atoms with Gasteiger partial charge in [0.1, 0.15) is 0 Å². The smallest absolute Gasteiger partial charge is 0.189 e. The van der Waals surface area contributed by atoms with Crippen LogP contribution < -0.4 is 0 Å². The van der Waals surface area contributed by atoms with Gasteiger partial charge in [0.2, 0.25) is 0 Å². The first-order valence-electron chi connectivity index (χ1n) is 6.56. The average molecular weight is 252 g/mol. The molecule has 96 valence electrons. The van der Waals surface area contributed by atoms with Crippen molar-refractivity contribution in [2.24, 2.45) is 0 Å². The maximum atomic E-state index is 12.3. The van der Waals surface area contributed by atoms with Crippen LogP contribution in [0.2, 0.25) is 0 Å². The second-order valence-corrected chi connectivity index (χ2v) is 4.83. The van der Waals surface area contributed by atoms with Gasteiger partial charge in [-0.1, -0.05) is 24.3 Å². The number of benzene rings is 1. The number of nitrogens with zero attached hydrogens (tertiary/aromatic N) is 2. The molecule has 1 aliphatic carbocycles. The van der Waals surface area contributed by atoms with Crippen molar-refractivity contribution in [2.45, 2.75) is 26.8 Å². The molecule has 0 fully saturated rings. The number of allylic oxidation sites excluding steroid dienone is 1. The molecule has 3 rings (SSSR count). The molecule has 0 saturated carbocycles. The van der Waals surface area contributed by atoms with Gasteiger partial charge in [-0.2, -0.15) is 5.10 Å². The summed E-state index contributed by atoms with van der Waals surface area (Å²) in [6.07, 6.45) is 4.55. The van der Waals surface area contributed by atoms with E-state index in [1.807, 2.05) is 48.1 Å². The molecule has 0 amide bonds. The highest BCUT2D eigenvalue weighted by Gasteiger charge is 2.24. The SMILES string of the molecule is CCn1ncc(/C=C2\Cc3ccccc3C2=O)c1C. The van der Waals surface area contributed by atoms with Crippen LogP contribution in [0.25, 0.3) is 6.08 Å². The minimum absolute atomic E-state index is 0.152. The number of hydrogen-bond donors (Lipinski definition) is 0. The van der Waals surface area contributed by atoms with Crippen molar-refractivity contribution in [3.63, 3.8) is 0 Å². The maximum Gasteiger partial charge on any atom is 0.189 e. The number of Topliss-reactive ketones (excluding diaryl/α,β-unsaturated/α-hetero) is 1. The van der Waals surface area contributed by atoms with E-state index in [9.17, 15) is 4.79 Å². The summed E-state index contributed by atoms with van der Waals surface area (Å²) in [5.74, 6) is 0.152. The lowest BCUT2D eigenvalue weighted by molar-refractivity contribution is 0.104. The lowest BCUT2D eigenvalue weighted by Crippen LogP contribution is -1.99. The van der Waals surface area contributed by atoms with E-state index in [4.69, 9.17) is 0 Å². The zero-order valence-electron chi connectivity index (χ0n) is 11.2. The molecule has 1 aromatic carbocycles. The van der Waals surface area contributed by atoms with Crippen molar-refractivity contribution < 1.29 is 4.79 Å². The van der Waals surface area contributed by atoms with Crippen LogP contribution in [-0.2, 0) is 13.0 Å². The fourth-order valence-corrected chi connectivity index (χ4v) is 2.58. The second kappa shape index (κ2) is 4.50. The van der Waals surface area contributed by atoms with Crippen LogP contribution in [-0.4, -0.2) is 15.6 Å². The zero-order chi connectivity index (χ0) is 13.4. The predicted octanol–water partition coefficient (Wildman–Crippen LogP) is 3.03. The molecular formula is C16H16N2O. The summed E-state index contributed by atoms with van der Waals surface area (Å²) in [6.45, 7) is 4.95. The maximum absolute atomic E-state index is 12.3. The van der Waals surface area contributed by atoms with Crippen molar-refractivity contribution in [3.8, 4) is 0 Å². The lowest BCUT2D eigenvalue weighted by Gasteiger charge is -1.99. The van der Waals surface area contributed by atoms with E-state index >= 15 is 0 Å². The summed E-state index contributed by atoms with van der Waals surface area (Å²) in [5, 5.41) is 4.31. The van der Waals surface area contributed by atoms with Gasteiger partial charge in [0.15, 0.2) is 5.78 Å². The molecule has 19 heavy (non-hydrogen) atoms. The van der Waals surface area contributed by atoms with E-state index < -0.39 is 0 Å². The van der Waals surface area contributed by atoms with Crippen LogP contribution in [0.1, 0.15) is 34.1 Å².